The van der Waals surface area contributed by atoms with Crippen molar-refractivity contribution in [2.45, 2.75) is 19.8 Å². The molecule has 6 nitrogen and oxygen atoms in total. The normalized spacial score (nSPS) is 20.8. The number of piperidine rings is 1. The number of hydrogen-bond acceptors (Lipinski definition) is 4. The Morgan fingerprint density at radius 3 is 2.74 bits per heavy atom. The zero-order valence-corrected chi connectivity index (χ0v) is 12.9. The first-order valence-electron chi connectivity index (χ1n) is 6.77. The lowest BCUT2D eigenvalue weighted by Gasteiger charge is -2.33. The van der Waals surface area contributed by atoms with Crippen molar-refractivity contribution in [3.63, 3.8) is 0 Å². The Balaban J connectivity index is 2.53. The molecule has 0 aromatic heterocycles. The number of carbonyl (C=O) groups is 1. The molecule has 0 aromatic carbocycles. The van der Waals surface area contributed by atoms with Crippen LogP contribution >= 0.6 is 0 Å². The molecule has 1 heterocycles. The Morgan fingerprint density at radius 1 is 1.47 bits per heavy atom. The molecule has 1 aliphatic rings. The monoisotopic (exact) mass is 291 g/mol. The largest absolute Gasteiger partial charge is 0.341 e. The van der Waals surface area contributed by atoms with Crippen LogP contribution in [0.5, 0.6) is 0 Å². The Morgan fingerprint density at radius 2 is 2.16 bits per heavy atom. The lowest BCUT2D eigenvalue weighted by Crippen LogP contribution is -2.47. The molecule has 0 saturated carbocycles. The molecule has 1 N–H and O–H groups in total. The molecule has 112 valence electrons. The van der Waals surface area contributed by atoms with Crippen LogP contribution in [0.15, 0.2) is 0 Å². The van der Waals surface area contributed by atoms with E-state index in [-0.39, 0.29) is 18.2 Å². The summed E-state index contributed by atoms with van der Waals surface area (Å²) in [6.45, 7) is 3.88. The van der Waals surface area contributed by atoms with Gasteiger partial charge in [0.25, 0.3) is 0 Å². The number of carbonyl (C=O) groups excluding carboxylic acids is 1. The molecule has 1 atom stereocenters. The number of likely N-dealkylation sites (tertiary alicyclic amines) is 1. The lowest BCUT2D eigenvalue weighted by atomic mass is 9.98. The maximum atomic E-state index is 12.1. The molecule has 7 heteroatoms. The first kappa shape index (κ1) is 16.4. The minimum Gasteiger partial charge on any atom is -0.341 e. The van der Waals surface area contributed by atoms with E-state index >= 15 is 0 Å². The van der Waals surface area contributed by atoms with E-state index in [0.29, 0.717) is 5.92 Å². The fourth-order valence-corrected chi connectivity index (χ4v) is 3.10. The van der Waals surface area contributed by atoms with Crippen molar-refractivity contribution in [2.75, 3.05) is 46.0 Å². The van der Waals surface area contributed by atoms with Gasteiger partial charge < -0.3 is 10.2 Å². The molecule has 1 saturated heterocycles. The minimum absolute atomic E-state index is 0.0269. The van der Waals surface area contributed by atoms with Crippen LogP contribution in [-0.2, 0) is 14.8 Å². The molecule has 1 fully saturated rings. The van der Waals surface area contributed by atoms with Crippen molar-refractivity contribution >= 4 is 15.9 Å². The molecule has 0 aromatic rings. The fraction of sp³-hybridized carbons (Fsp3) is 0.917. The van der Waals surface area contributed by atoms with E-state index in [4.69, 9.17) is 0 Å². The summed E-state index contributed by atoms with van der Waals surface area (Å²) in [5, 5.41) is 3.13. The van der Waals surface area contributed by atoms with Crippen LogP contribution in [0.3, 0.4) is 0 Å². The summed E-state index contributed by atoms with van der Waals surface area (Å²) < 4.78 is 24.4. The molecule has 0 spiro atoms. The minimum atomic E-state index is -3.28. The van der Waals surface area contributed by atoms with Gasteiger partial charge in [-0.15, -0.1) is 0 Å². The Labute approximate surface area is 116 Å². The molecule has 1 aliphatic heterocycles. The summed E-state index contributed by atoms with van der Waals surface area (Å²) in [6.07, 6.45) is 2.11. The number of hydrogen-bond donors (Lipinski definition) is 1. The molecular formula is C12H25N3O3S. The van der Waals surface area contributed by atoms with Gasteiger partial charge in [-0.3, -0.25) is 4.79 Å². The molecule has 1 amide bonds. The highest BCUT2D eigenvalue weighted by Crippen LogP contribution is 2.16. The maximum Gasteiger partial charge on any atom is 0.237 e. The highest BCUT2D eigenvalue weighted by atomic mass is 32.2. The molecule has 1 rings (SSSR count). The van der Waals surface area contributed by atoms with Gasteiger partial charge in [0, 0.05) is 20.1 Å². The van der Waals surface area contributed by atoms with Crippen LogP contribution in [0.25, 0.3) is 0 Å². The highest BCUT2D eigenvalue weighted by molar-refractivity contribution is 7.89. The summed E-state index contributed by atoms with van der Waals surface area (Å²) in [6, 6.07) is 0. The quantitative estimate of drug-likeness (QED) is 0.731. The van der Waals surface area contributed by atoms with Gasteiger partial charge in [-0.2, -0.15) is 4.31 Å². The van der Waals surface area contributed by atoms with Gasteiger partial charge in [0.1, 0.15) is 0 Å². The van der Waals surface area contributed by atoms with Crippen LogP contribution < -0.4 is 5.32 Å². The van der Waals surface area contributed by atoms with Gasteiger partial charge in [-0.1, -0.05) is 0 Å². The number of nitrogens with zero attached hydrogens (tertiary/aromatic N) is 2. The van der Waals surface area contributed by atoms with Crippen LogP contribution in [0, 0.1) is 5.92 Å². The summed E-state index contributed by atoms with van der Waals surface area (Å²) in [5.74, 6) is 0.398. The van der Waals surface area contributed by atoms with E-state index < -0.39 is 10.0 Å². The zero-order valence-electron chi connectivity index (χ0n) is 12.1. The van der Waals surface area contributed by atoms with E-state index in [0.717, 1.165) is 36.8 Å². The predicted molar refractivity (Wildman–Crippen MR) is 75.3 cm³/mol. The maximum absolute atomic E-state index is 12.1. The smallest absolute Gasteiger partial charge is 0.237 e. The topological polar surface area (TPSA) is 69.7 Å². The van der Waals surface area contributed by atoms with Crippen molar-refractivity contribution in [1.82, 2.24) is 14.5 Å². The average Bonchev–Trinajstić information content (AvgIpc) is 2.39. The van der Waals surface area contributed by atoms with E-state index in [1.807, 2.05) is 7.05 Å². The van der Waals surface area contributed by atoms with Crippen molar-refractivity contribution in [1.29, 1.82) is 0 Å². The summed E-state index contributed by atoms with van der Waals surface area (Å²) in [4.78, 5) is 13.9. The van der Waals surface area contributed by atoms with Crippen molar-refractivity contribution in [3.8, 4) is 0 Å². The van der Waals surface area contributed by atoms with Gasteiger partial charge in [0.2, 0.25) is 15.9 Å². The van der Waals surface area contributed by atoms with Crippen LogP contribution in [0.2, 0.25) is 0 Å². The SMILES string of the molecule is CCS(=O)(=O)N(C)CC(=O)N1CCCC(CNC)C1. The second-order valence-electron chi connectivity index (χ2n) is 5.06. The fourth-order valence-electron chi connectivity index (χ4n) is 2.36. The third-order valence-corrected chi connectivity index (χ3v) is 5.37. The van der Waals surface area contributed by atoms with E-state index in [9.17, 15) is 13.2 Å². The van der Waals surface area contributed by atoms with Gasteiger partial charge in [-0.05, 0) is 39.3 Å². The molecule has 1 unspecified atom stereocenters. The second-order valence-corrected chi connectivity index (χ2v) is 7.43. The second kappa shape index (κ2) is 7.21. The number of nitrogens with one attached hydrogen (secondary N) is 1. The van der Waals surface area contributed by atoms with Gasteiger partial charge in [0.05, 0.1) is 12.3 Å². The molecule has 0 radical (unpaired) electrons. The van der Waals surface area contributed by atoms with Crippen molar-refractivity contribution in [3.05, 3.63) is 0 Å². The summed E-state index contributed by atoms with van der Waals surface area (Å²) >= 11 is 0. The van der Waals surface area contributed by atoms with Gasteiger partial charge in [-0.25, -0.2) is 8.42 Å². The number of likely N-dealkylation sites (N-methyl/N-ethyl adjacent to an activating group) is 1. The van der Waals surface area contributed by atoms with E-state index in [1.54, 1.807) is 11.8 Å². The predicted octanol–water partition coefficient (Wildman–Crippen LogP) is -0.274. The van der Waals surface area contributed by atoms with Crippen molar-refractivity contribution < 1.29 is 13.2 Å². The molecule has 0 bridgehead atoms. The van der Waals surface area contributed by atoms with Gasteiger partial charge in [0.15, 0.2) is 0 Å². The Bertz CT molecular complexity index is 395. The number of amides is 1. The van der Waals surface area contributed by atoms with E-state index in [2.05, 4.69) is 5.32 Å². The van der Waals surface area contributed by atoms with Crippen LogP contribution in [-0.4, -0.2) is 69.6 Å². The Kier molecular flexibility index (Phi) is 6.22. The van der Waals surface area contributed by atoms with Crippen LogP contribution in [0.1, 0.15) is 19.8 Å². The van der Waals surface area contributed by atoms with Crippen molar-refractivity contribution in [2.24, 2.45) is 5.92 Å². The first-order chi connectivity index (χ1) is 8.90. The standard InChI is InChI=1S/C12H25N3O3S/c1-4-19(17,18)14(3)10-12(16)15-7-5-6-11(9-15)8-13-2/h11,13H,4-10H2,1-3H3. The van der Waals surface area contributed by atoms with Crippen LogP contribution in [0.4, 0.5) is 0 Å². The lowest BCUT2D eigenvalue weighted by molar-refractivity contribution is -0.133. The third kappa shape index (κ3) is 4.74. The zero-order chi connectivity index (χ0) is 14.5. The third-order valence-electron chi connectivity index (χ3n) is 3.56. The molecular weight excluding hydrogens is 266 g/mol. The Hall–Kier alpha value is -0.660. The molecule has 19 heavy (non-hydrogen) atoms. The van der Waals surface area contributed by atoms with E-state index in [1.165, 1.54) is 7.05 Å². The summed E-state index contributed by atoms with van der Waals surface area (Å²) in [7, 11) is 0.0870. The summed E-state index contributed by atoms with van der Waals surface area (Å²) in [5.41, 5.74) is 0. The first-order valence-corrected chi connectivity index (χ1v) is 8.38. The molecule has 0 aliphatic carbocycles. The van der Waals surface area contributed by atoms with Gasteiger partial charge >= 0.3 is 0 Å². The highest BCUT2D eigenvalue weighted by Gasteiger charge is 2.26. The number of rotatable bonds is 6. The number of sulfonamides is 1. The average molecular weight is 291 g/mol.